The number of likely N-dealkylation sites (tertiary alicyclic amines) is 1. The molecular weight excluding hydrogens is 292 g/mol. The van der Waals surface area contributed by atoms with Gasteiger partial charge in [-0.2, -0.15) is 0 Å². The minimum atomic E-state index is -0.284. The number of nitrogens with two attached hydrogens (primary N) is 1. The number of nitrogens with zero attached hydrogens (tertiary/aromatic N) is 1. The third kappa shape index (κ3) is 5.16. The number of nitrogens with one attached hydrogen (secondary N) is 2. The molecule has 1 aliphatic rings. The number of piperidine rings is 1. The first-order valence-electron chi connectivity index (χ1n) is 7.98. The lowest BCUT2D eigenvalue weighted by Crippen LogP contribution is -2.52. The van der Waals surface area contributed by atoms with Crippen LogP contribution in [-0.4, -0.2) is 35.5 Å². The van der Waals surface area contributed by atoms with Crippen LogP contribution in [0.1, 0.15) is 33.6 Å². The normalized spacial score (nSPS) is 18.4. The second-order valence-corrected chi connectivity index (χ2v) is 7.08. The SMILES string of the molecule is CC(C)(C)NC(=O)N1CCCC(C(=O)Nc2cccc(N)c2)C1. The van der Waals surface area contributed by atoms with E-state index >= 15 is 0 Å². The second-order valence-electron chi connectivity index (χ2n) is 7.08. The first-order chi connectivity index (χ1) is 10.7. The summed E-state index contributed by atoms with van der Waals surface area (Å²) in [7, 11) is 0. The van der Waals surface area contributed by atoms with Crippen LogP contribution in [0.25, 0.3) is 0 Å². The van der Waals surface area contributed by atoms with E-state index in [4.69, 9.17) is 5.73 Å². The van der Waals surface area contributed by atoms with Crippen molar-refractivity contribution in [2.45, 2.75) is 39.2 Å². The van der Waals surface area contributed by atoms with Crippen LogP contribution in [0.5, 0.6) is 0 Å². The highest BCUT2D eigenvalue weighted by atomic mass is 16.2. The van der Waals surface area contributed by atoms with Gasteiger partial charge < -0.3 is 21.3 Å². The fourth-order valence-electron chi connectivity index (χ4n) is 2.64. The van der Waals surface area contributed by atoms with Gasteiger partial charge in [0.25, 0.3) is 0 Å². The highest BCUT2D eigenvalue weighted by molar-refractivity contribution is 5.93. The zero-order valence-electron chi connectivity index (χ0n) is 14.1. The van der Waals surface area contributed by atoms with Gasteiger partial charge in [0, 0.05) is 30.0 Å². The van der Waals surface area contributed by atoms with E-state index in [0.29, 0.717) is 24.5 Å². The van der Waals surface area contributed by atoms with Gasteiger partial charge in [-0.25, -0.2) is 4.79 Å². The van der Waals surface area contributed by atoms with E-state index in [-0.39, 0.29) is 23.4 Å². The molecule has 1 fully saturated rings. The van der Waals surface area contributed by atoms with Crippen molar-refractivity contribution in [3.05, 3.63) is 24.3 Å². The van der Waals surface area contributed by atoms with Crippen molar-refractivity contribution in [2.24, 2.45) is 5.92 Å². The molecule has 0 bridgehead atoms. The maximum Gasteiger partial charge on any atom is 0.317 e. The number of urea groups is 1. The zero-order chi connectivity index (χ0) is 17.0. The Morgan fingerprint density at radius 3 is 2.70 bits per heavy atom. The molecule has 2 rings (SSSR count). The van der Waals surface area contributed by atoms with Gasteiger partial charge in [-0.05, 0) is 51.8 Å². The Balaban J connectivity index is 1.95. The Morgan fingerprint density at radius 1 is 1.30 bits per heavy atom. The summed E-state index contributed by atoms with van der Waals surface area (Å²) >= 11 is 0. The van der Waals surface area contributed by atoms with Crippen molar-refractivity contribution < 1.29 is 9.59 Å². The summed E-state index contributed by atoms with van der Waals surface area (Å²) in [6.45, 7) is 6.95. The summed E-state index contributed by atoms with van der Waals surface area (Å²) in [6.07, 6.45) is 1.61. The molecule has 6 nitrogen and oxygen atoms in total. The molecule has 0 aliphatic carbocycles. The summed E-state index contributed by atoms with van der Waals surface area (Å²) in [5.41, 5.74) is 6.73. The molecule has 3 amide bonds. The molecule has 1 atom stereocenters. The molecule has 0 spiro atoms. The van der Waals surface area contributed by atoms with Gasteiger partial charge in [0.1, 0.15) is 0 Å². The lowest BCUT2D eigenvalue weighted by molar-refractivity contribution is -0.121. The maximum absolute atomic E-state index is 12.4. The van der Waals surface area contributed by atoms with E-state index in [2.05, 4.69) is 10.6 Å². The fraction of sp³-hybridized carbons (Fsp3) is 0.529. The molecule has 1 aromatic rings. The minimum Gasteiger partial charge on any atom is -0.399 e. The van der Waals surface area contributed by atoms with Gasteiger partial charge in [-0.1, -0.05) is 6.07 Å². The van der Waals surface area contributed by atoms with Crippen LogP contribution < -0.4 is 16.4 Å². The average molecular weight is 318 g/mol. The molecule has 0 aromatic heterocycles. The van der Waals surface area contributed by atoms with E-state index in [0.717, 1.165) is 12.8 Å². The second kappa shape index (κ2) is 6.89. The first kappa shape index (κ1) is 17.1. The molecule has 1 heterocycles. The Bertz CT molecular complexity index is 580. The molecule has 0 radical (unpaired) electrons. The number of carbonyl (C=O) groups excluding carboxylic acids is 2. The third-order valence-electron chi connectivity index (χ3n) is 3.72. The molecule has 1 saturated heterocycles. The number of hydrogen-bond donors (Lipinski definition) is 3. The summed E-state index contributed by atoms with van der Waals surface area (Å²) in [6, 6.07) is 6.99. The number of benzene rings is 1. The fourth-order valence-corrected chi connectivity index (χ4v) is 2.64. The van der Waals surface area contributed by atoms with Crippen molar-refractivity contribution in [3.63, 3.8) is 0 Å². The van der Waals surface area contributed by atoms with Crippen LogP contribution in [0.4, 0.5) is 16.2 Å². The van der Waals surface area contributed by atoms with Gasteiger partial charge in [0.05, 0.1) is 5.92 Å². The van der Waals surface area contributed by atoms with Crippen molar-refractivity contribution in [1.82, 2.24) is 10.2 Å². The molecule has 1 aromatic carbocycles. The lowest BCUT2D eigenvalue weighted by atomic mass is 9.97. The molecule has 1 aliphatic heterocycles. The van der Waals surface area contributed by atoms with Crippen molar-refractivity contribution in [2.75, 3.05) is 24.1 Å². The number of hydrogen-bond acceptors (Lipinski definition) is 3. The van der Waals surface area contributed by atoms with Crippen LogP contribution >= 0.6 is 0 Å². The van der Waals surface area contributed by atoms with E-state index < -0.39 is 0 Å². The van der Waals surface area contributed by atoms with Gasteiger partial charge in [0.2, 0.25) is 5.91 Å². The molecule has 23 heavy (non-hydrogen) atoms. The number of nitrogen functional groups attached to an aromatic ring is 1. The predicted molar refractivity (Wildman–Crippen MR) is 92.1 cm³/mol. The van der Waals surface area contributed by atoms with Crippen LogP contribution in [0.15, 0.2) is 24.3 Å². The quantitative estimate of drug-likeness (QED) is 0.732. The standard InChI is InChI=1S/C17H26N4O2/c1-17(2,3)20-16(23)21-9-5-6-12(11-21)15(22)19-14-8-4-7-13(18)10-14/h4,7-8,10,12H,5-6,9,11,18H2,1-3H3,(H,19,22)(H,20,23). The summed E-state index contributed by atoms with van der Waals surface area (Å²) < 4.78 is 0. The monoisotopic (exact) mass is 318 g/mol. The van der Waals surface area contributed by atoms with Crippen molar-refractivity contribution >= 4 is 23.3 Å². The number of rotatable bonds is 2. The minimum absolute atomic E-state index is 0.0659. The van der Waals surface area contributed by atoms with Gasteiger partial charge in [-0.15, -0.1) is 0 Å². The average Bonchev–Trinajstić information content (AvgIpc) is 2.45. The smallest absolute Gasteiger partial charge is 0.317 e. The van der Waals surface area contributed by atoms with E-state index in [1.807, 2.05) is 20.8 Å². The van der Waals surface area contributed by atoms with Gasteiger partial charge in [0.15, 0.2) is 0 Å². The van der Waals surface area contributed by atoms with Gasteiger partial charge >= 0.3 is 6.03 Å². The van der Waals surface area contributed by atoms with Crippen LogP contribution in [0.2, 0.25) is 0 Å². The first-order valence-corrected chi connectivity index (χ1v) is 7.98. The molecule has 4 N–H and O–H groups in total. The molecule has 1 unspecified atom stereocenters. The van der Waals surface area contributed by atoms with Crippen LogP contribution in [-0.2, 0) is 4.79 Å². The lowest BCUT2D eigenvalue weighted by Gasteiger charge is -2.34. The summed E-state index contributed by atoms with van der Waals surface area (Å²) in [5, 5.41) is 5.83. The zero-order valence-corrected chi connectivity index (χ0v) is 14.1. The summed E-state index contributed by atoms with van der Waals surface area (Å²) in [4.78, 5) is 26.4. The Hall–Kier alpha value is -2.24. The topological polar surface area (TPSA) is 87.5 Å². The van der Waals surface area contributed by atoms with Crippen molar-refractivity contribution in [3.8, 4) is 0 Å². The number of anilines is 2. The van der Waals surface area contributed by atoms with Gasteiger partial charge in [-0.3, -0.25) is 4.79 Å². The highest BCUT2D eigenvalue weighted by Gasteiger charge is 2.29. The largest absolute Gasteiger partial charge is 0.399 e. The van der Waals surface area contributed by atoms with E-state index in [1.54, 1.807) is 29.2 Å². The Kier molecular flexibility index (Phi) is 5.13. The molecule has 6 heteroatoms. The van der Waals surface area contributed by atoms with Crippen LogP contribution in [0, 0.1) is 5.92 Å². The molecular formula is C17H26N4O2. The summed E-state index contributed by atoms with van der Waals surface area (Å²) in [5.74, 6) is -0.264. The maximum atomic E-state index is 12.4. The Morgan fingerprint density at radius 2 is 2.04 bits per heavy atom. The van der Waals surface area contributed by atoms with Crippen LogP contribution in [0.3, 0.4) is 0 Å². The molecule has 126 valence electrons. The Labute approximate surface area is 137 Å². The molecule has 0 saturated carbocycles. The third-order valence-corrected chi connectivity index (χ3v) is 3.72. The number of carbonyl (C=O) groups is 2. The van der Waals surface area contributed by atoms with E-state index in [9.17, 15) is 9.59 Å². The number of amides is 3. The van der Waals surface area contributed by atoms with E-state index in [1.165, 1.54) is 0 Å². The van der Waals surface area contributed by atoms with Crippen molar-refractivity contribution in [1.29, 1.82) is 0 Å². The predicted octanol–water partition coefficient (Wildman–Crippen LogP) is 2.43. The highest BCUT2D eigenvalue weighted by Crippen LogP contribution is 2.20.